The minimum absolute atomic E-state index is 0.147. The highest BCUT2D eigenvalue weighted by Crippen LogP contribution is 2.18. The molecular formula is C12H20N2O2S. The molecule has 1 aromatic rings. The van der Waals surface area contributed by atoms with Crippen LogP contribution in [0.15, 0.2) is 24.3 Å². The molecule has 0 spiro atoms. The summed E-state index contributed by atoms with van der Waals surface area (Å²) in [6.07, 6.45) is 1.34. The van der Waals surface area contributed by atoms with Crippen molar-refractivity contribution in [3.05, 3.63) is 29.8 Å². The molecule has 0 aliphatic carbocycles. The van der Waals surface area contributed by atoms with E-state index in [2.05, 4.69) is 0 Å². The zero-order valence-corrected chi connectivity index (χ0v) is 11.2. The highest BCUT2D eigenvalue weighted by molar-refractivity contribution is 7.92. The molecule has 5 heteroatoms. The Morgan fingerprint density at radius 2 is 2.00 bits per heavy atom. The molecular weight excluding hydrogens is 236 g/mol. The van der Waals surface area contributed by atoms with Gasteiger partial charge in [-0.25, -0.2) is 8.42 Å². The lowest BCUT2D eigenvalue weighted by Gasteiger charge is -2.19. The van der Waals surface area contributed by atoms with E-state index in [9.17, 15) is 8.42 Å². The van der Waals surface area contributed by atoms with Gasteiger partial charge in [0.25, 0.3) is 0 Å². The molecule has 0 aromatic heterocycles. The van der Waals surface area contributed by atoms with Gasteiger partial charge < -0.3 is 5.73 Å². The first kappa shape index (κ1) is 14.0. The second-order valence-electron chi connectivity index (χ2n) is 4.12. The maximum absolute atomic E-state index is 12.0. The molecule has 0 amide bonds. The lowest BCUT2D eigenvalue weighted by atomic mass is 10.2. The summed E-state index contributed by atoms with van der Waals surface area (Å²) in [4.78, 5) is 0. The SMILES string of the molecule is Cc1cccc(N(C)S(=O)(=O)CCCCN)c1. The zero-order valence-electron chi connectivity index (χ0n) is 10.4. The van der Waals surface area contributed by atoms with Crippen molar-refractivity contribution in [2.75, 3.05) is 23.7 Å². The van der Waals surface area contributed by atoms with Crippen LogP contribution in [0.1, 0.15) is 18.4 Å². The summed E-state index contributed by atoms with van der Waals surface area (Å²) in [5, 5.41) is 0. The number of benzene rings is 1. The van der Waals surface area contributed by atoms with Crippen molar-refractivity contribution in [2.45, 2.75) is 19.8 Å². The lowest BCUT2D eigenvalue weighted by molar-refractivity contribution is 0.590. The molecule has 0 unspecified atom stereocenters. The molecule has 0 saturated carbocycles. The number of nitrogens with zero attached hydrogens (tertiary/aromatic N) is 1. The highest BCUT2D eigenvalue weighted by atomic mass is 32.2. The summed E-state index contributed by atoms with van der Waals surface area (Å²) in [7, 11) is -1.63. The number of hydrogen-bond acceptors (Lipinski definition) is 3. The van der Waals surface area contributed by atoms with E-state index >= 15 is 0 Å². The average molecular weight is 256 g/mol. The molecule has 0 fully saturated rings. The van der Waals surface area contributed by atoms with Gasteiger partial charge in [0.2, 0.25) is 10.0 Å². The lowest BCUT2D eigenvalue weighted by Crippen LogP contribution is -2.29. The van der Waals surface area contributed by atoms with E-state index in [1.54, 1.807) is 13.1 Å². The van der Waals surface area contributed by atoms with Crippen molar-refractivity contribution in [3.63, 3.8) is 0 Å². The monoisotopic (exact) mass is 256 g/mol. The largest absolute Gasteiger partial charge is 0.330 e. The average Bonchev–Trinajstić information content (AvgIpc) is 2.28. The summed E-state index contributed by atoms with van der Waals surface area (Å²) in [6, 6.07) is 7.46. The minimum Gasteiger partial charge on any atom is -0.330 e. The van der Waals surface area contributed by atoms with Crippen molar-refractivity contribution in [1.82, 2.24) is 0 Å². The Hall–Kier alpha value is -1.07. The fourth-order valence-corrected chi connectivity index (χ4v) is 2.83. The van der Waals surface area contributed by atoms with Crippen molar-refractivity contribution in [3.8, 4) is 0 Å². The van der Waals surface area contributed by atoms with Crippen molar-refractivity contribution >= 4 is 15.7 Å². The molecule has 1 aromatic carbocycles. The fourth-order valence-electron chi connectivity index (χ4n) is 1.55. The van der Waals surface area contributed by atoms with E-state index in [0.29, 0.717) is 18.7 Å². The first-order chi connectivity index (χ1) is 7.97. The van der Waals surface area contributed by atoms with Crippen LogP contribution < -0.4 is 10.0 Å². The molecule has 96 valence electrons. The topological polar surface area (TPSA) is 63.4 Å². The van der Waals surface area contributed by atoms with Gasteiger partial charge in [0.05, 0.1) is 11.4 Å². The van der Waals surface area contributed by atoms with Crippen LogP contribution in [-0.2, 0) is 10.0 Å². The predicted octanol–water partition coefficient (Wildman–Crippen LogP) is 1.50. The van der Waals surface area contributed by atoms with Gasteiger partial charge in [-0.2, -0.15) is 0 Å². The van der Waals surface area contributed by atoms with Gasteiger partial charge in [0, 0.05) is 7.05 Å². The van der Waals surface area contributed by atoms with Crippen LogP contribution >= 0.6 is 0 Å². The third-order valence-electron chi connectivity index (χ3n) is 2.64. The number of rotatable bonds is 6. The number of sulfonamides is 1. The summed E-state index contributed by atoms with van der Waals surface area (Å²) in [5.74, 6) is 0.147. The summed E-state index contributed by atoms with van der Waals surface area (Å²) < 4.78 is 25.3. The summed E-state index contributed by atoms with van der Waals surface area (Å²) >= 11 is 0. The van der Waals surface area contributed by atoms with E-state index in [-0.39, 0.29) is 5.75 Å². The molecule has 0 aliphatic rings. The van der Waals surface area contributed by atoms with Crippen molar-refractivity contribution < 1.29 is 8.42 Å². The smallest absolute Gasteiger partial charge is 0.234 e. The van der Waals surface area contributed by atoms with Gasteiger partial charge in [0.1, 0.15) is 0 Å². The maximum atomic E-state index is 12.0. The van der Waals surface area contributed by atoms with E-state index in [1.807, 2.05) is 25.1 Å². The minimum atomic E-state index is -3.22. The van der Waals surface area contributed by atoms with Crippen LogP contribution in [0.4, 0.5) is 5.69 Å². The maximum Gasteiger partial charge on any atom is 0.234 e. The highest BCUT2D eigenvalue weighted by Gasteiger charge is 2.17. The predicted molar refractivity (Wildman–Crippen MR) is 71.7 cm³/mol. The van der Waals surface area contributed by atoms with Crippen LogP contribution in [0.5, 0.6) is 0 Å². The van der Waals surface area contributed by atoms with Crippen molar-refractivity contribution in [2.24, 2.45) is 5.73 Å². The van der Waals surface area contributed by atoms with Gasteiger partial charge in [0.15, 0.2) is 0 Å². The third-order valence-corrected chi connectivity index (χ3v) is 4.49. The molecule has 0 heterocycles. The molecule has 17 heavy (non-hydrogen) atoms. The standard InChI is InChI=1S/C12H20N2O2S/c1-11-6-5-7-12(10-11)14(2)17(15,16)9-4-3-8-13/h5-7,10H,3-4,8-9,13H2,1-2H3. The Kier molecular flexibility index (Phi) is 4.96. The Balaban J connectivity index is 2.78. The summed E-state index contributed by atoms with van der Waals surface area (Å²) in [5.41, 5.74) is 7.11. The van der Waals surface area contributed by atoms with Crippen LogP contribution in [0.3, 0.4) is 0 Å². The number of nitrogens with two attached hydrogens (primary N) is 1. The normalized spacial score (nSPS) is 11.5. The van der Waals surface area contributed by atoms with E-state index in [4.69, 9.17) is 5.73 Å². The molecule has 0 saturated heterocycles. The number of unbranched alkanes of at least 4 members (excludes halogenated alkanes) is 1. The second-order valence-corrected chi connectivity index (χ2v) is 6.24. The fraction of sp³-hybridized carbons (Fsp3) is 0.500. The van der Waals surface area contributed by atoms with Gasteiger partial charge >= 0.3 is 0 Å². The van der Waals surface area contributed by atoms with Crippen LogP contribution in [0, 0.1) is 6.92 Å². The number of anilines is 1. The number of aryl methyl sites for hydroxylation is 1. The molecule has 1 rings (SSSR count). The Morgan fingerprint density at radius 1 is 1.29 bits per heavy atom. The zero-order chi connectivity index (χ0) is 12.9. The third kappa shape index (κ3) is 4.02. The molecule has 0 atom stereocenters. The van der Waals surface area contributed by atoms with Gasteiger partial charge in [-0.05, 0) is 44.0 Å². The first-order valence-corrected chi connectivity index (χ1v) is 7.31. The molecule has 0 bridgehead atoms. The molecule has 4 nitrogen and oxygen atoms in total. The van der Waals surface area contributed by atoms with Gasteiger partial charge in [-0.1, -0.05) is 12.1 Å². The van der Waals surface area contributed by atoms with Crippen molar-refractivity contribution in [1.29, 1.82) is 0 Å². The first-order valence-electron chi connectivity index (χ1n) is 5.71. The van der Waals surface area contributed by atoms with Gasteiger partial charge in [-0.3, -0.25) is 4.31 Å². The van der Waals surface area contributed by atoms with Crippen LogP contribution in [0.2, 0.25) is 0 Å². The number of hydrogen-bond donors (Lipinski definition) is 1. The van der Waals surface area contributed by atoms with E-state index < -0.39 is 10.0 Å². The van der Waals surface area contributed by atoms with E-state index in [1.165, 1.54) is 4.31 Å². The molecule has 0 radical (unpaired) electrons. The summed E-state index contributed by atoms with van der Waals surface area (Å²) in [6.45, 7) is 2.47. The molecule has 0 aliphatic heterocycles. The quantitative estimate of drug-likeness (QED) is 0.785. The van der Waals surface area contributed by atoms with Crippen LogP contribution in [-0.4, -0.2) is 27.8 Å². The second kappa shape index (κ2) is 6.02. The van der Waals surface area contributed by atoms with Gasteiger partial charge in [-0.15, -0.1) is 0 Å². The Bertz CT molecular complexity index is 457. The molecule has 2 N–H and O–H groups in total. The van der Waals surface area contributed by atoms with E-state index in [0.717, 1.165) is 12.0 Å². The Labute approximate surface area is 103 Å². The van der Waals surface area contributed by atoms with Crippen LogP contribution in [0.25, 0.3) is 0 Å². The Morgan fingerprint density at radius 3 is 2.59 bits per heavy atom.